The molecule has 1 aromatic rings. The molecule has 1 amide bonds. The molecule has 0 saturated carbocycles. The van der Waals surface area contributed by atoms with Gasteiger partial charge < -0.3 is 16.4 Å². The van der Waals surface area contributed by atoms with Crippen molar-refractivity contribution in [1.82, 2.24) is 10.3 Å². The number of nitrogens with zero attached hydrogens (tertiary/aromatic N) is 1. The van der Waals surface area contributed by atoms with Gasteiger partial charge in [0.05, 0.1) is 5.41 Å². The second-order valence-corrected chi connectivity index (χ2v) is 4.29. The second-order valence-electron chi connectivity index (χ2n) is 4.29. The standard InChI is InChI=1S/C11H18N4O/c1-11(2,10(16)13-3)7-15-8-4-5-14-9(12)6-8/h4-6H,7H2,1-3H3,(H,13,16)(H3,12,14,15). The first kappa shape index (κ1) is 12.3. The lowest BCUT2D eigenvalue weighted by atomic mass is 9.92. The van der Waals surface area contributed by atoms with Gasteiger partial charge in [0.15, 0.2) is 0 Å². The van der Waals surface area contributed by atoms with E-state index < -0.39 is 5.41 Å². The number of carbonyl (C=O) groups is 1. The molecule has 1 aromatic heterocycles. The van der Waals surface area contributed by atoms with Crippen LogP contribution in [0.2, 0.25) is 0 Å². The van der Waals surface area contributed by atoms with Crippen LogP contribution in [0.25, 0.3) is 0 Å². The zero-order chi connectivity index (χ0) is 12.2. The normalized spacial score (nSPS) is 10.9. The summed E-state index contributed by atoms with van der Waals surface area (Å²) < 4.78 is 0. The Balaban J connectivity index is 2.61. The maximum absolute atomic E-state index is 11.5. The van der Waals surface area contributed by atoms with Crippen LogP contribution in [0.1, 0.15) is 13.8 Å². The average molecular weight is 222 g/mol. The van der Waals surface area contributed by atoms with E-state index in [2.05, 4.69) is 15.6 Å². The number of pyridine rings is 1. The van der Waals surface area contributed by atoms with Gasteiger partial charge in [0.2, 0.25) is 5.91 Å². The maximum atomic E-state index is 11.5. The van der Waals surface area contributed by atoms with Gasteiger partial charge in [-0.25, -0.2) is 4.98 Å². The van der Waals surface area contributed by atoms with Gasteiger partial charge in [0.1, 0.15) is 5.82 Å². The molecule has 0 unspecified atom stereocenters. The Bertz CT molecular complexity index is 376. The van der Waals surface area contributed by atoms with Gasteiger partial charge in [-0.2, -0.15) is 0 Å². The summed E-state index contributed by atoms with van der Waals surface area (Å²) >= 11 is 0. The van der Waals surface area contributed by atoms with E-state index in [1.165, 1.54) is 0 Å². The molecular weight excluding hydrogens is 204 g/mol. The number of hydrogen-bond donors (Lipinski definition) is 3. The fourth-order valence-corrected chi connectivity index (χ4v) is 1.30. The number of anilines is 2. The van der Waals surface area contributed by atoms with Crippen LogP contribution in [-0.4, -0.2) is 24.5 Å². The number of amides is 1. The number of rotatable bonds is 4. The molecule has 0 aliphatic heterocycles. The monoisotopic (exact) mass is 222 g/mol. The second kappa shape index (κ2) is 4.83. The average Bonchev–Trinajstić information content (AvgIpc) is 2.25. The number of nitrogens with one attached hydrogen (secondary N) is 2. The summed E-state index contributed by atoms with van der Waals surface area (Å²) in [4.78, 5) is 15.4. The summed E-state index contributed by atoms with van der Waals surface area (Å²) in [5.41, 5.74) is 5.95. The largest absolute Gasteiger partial charge is 0.384 e. The van der Waals surface area contributed by atoms with E-state index in [4.69, 9.17) is 5.73 Å². The molecule has 0 spiro atoms. The van der Waals surface area contributed by atoms with Gasteiger partial charge in [-0.3, -0.25) is 4.79 Å². The van der Waals surface area contributed by atoms with Gasteiger partial charge in [-0.1, -0.05) is 0 Å². The van der Waals surface area contributed by atoms with E-state index in [1.54, 1.807) is 19.3 Å². The van der Waals surface area contributed by atoms with Crippen molar-refractivity contribution in [2.45, 2.75) is 13.8 Å². The molecule has 4 N–H and O–H groups in total. The van der Waals surface area contributed by atoms with E-state index in [-0.39, 0.29) is 5.91 Å². The lowest BCUT2D eigenvalue weighted by Crippen LogP contribution is -2.39. The summed E-state index contributed by atoms with van der Waals surface area (Å²) in [7, 11) is 1.63. The van der Waals surface area contributed by atoms with E-state index in [1.807, 2.05) is 19.9 Å². The molecule has 5 heteroatoms. The molecule has 0 aromatic carbocycles. The third-order valence-electron chi connectivity index (χ3n) is 2.36. The van der Waals surface area contributed by atoms with Crippen LogP contribution in [0.3, 0.4) is 0 Å². The third-order valence-corrected chi connectivity index (χ3v) is 2.36. The number of hydrogen-bond acceptors (Lipinski definition) is 4. The molecule has 0 bridgehead atoms. The van der Waals surface area contributed by atoms with Gasteiger partial charge in [-0.15, -0.1) is 0 Å². The van der Waals surface area contributed by atoms with Crippen molar-refractivity contribution in [3.63, 3.8) is 0 Å². The highest BCUT2D eigenvalue weighted by atomic mass is 16.2. The fraction of sp³-hybridized carbons (Fsp3) is 0.455. The zero-order valence-corrected chi connectivity index (χ0v) is 9.87. The van der Waals surface area contributed by atoms with Crippen LogP contribution in [0, 0.1) is 5.41 Å². The van der Waals surface area contributed by atoms with E-state index in [0.717, 1.165) is 5.69 Å². The first-order valence-electron chi connectivity index (χ1n) is 5.13. The van der Waals surface area contributed by atoms with E-state index in [0.29, 0.717) is 12.4 Å². The molecule has 0 atom stereocenters. The highest BCUT2D eigenvalue weighted by Gasteiger charge is 2.26. The Morgan fingerprint density at radius 3 is 2.81 bits per heavy atom. The maximum Gasteiger partial charge on any atom is 0.227 e. The molecule has 0 aliphatic rings. The van der Waals surface area contributed by atoms with Crippen molar-refractivity contribution in [1.29, 1.82) is 0 Å². The number of aromatic nitrogens is 1. The highest BCUT2D eigenvalue weighted by Crippen LogP contribution is 2.17. The van der Waals surface area contributed by atoms with Crippen LogP contribution in [-0.2, 0) is 4.79 Å². The summed E-state index contributed by atoms with van der Waals surface area (Å²) in [6, 6.07) is 3.55. The van der Waals surface area contributed by atoms with Crippen LogP contribution in [0.15, 0.2) is 18.3 Å². The van der Waals surface area contributed by atoms with Crippen LogP contribution < -0.4 is 16.4 Å². The molecule has 0 radical (unpaired) electrons. The number of nitrogen functional groups attached to an aromatic ring is 1. The zero-order valence-electron chi connectivity index (χ0n) is 9.87. The SMILES string of the molecule is CNC(=O)C(C)(C)CNc1ccnc(N)c1. The minimum atomic E-state index is -0.465. The first-order chi connectivity index (χ1) is 7.45. The van der Waals surface area contributed by atoms with Gasteiger partial charge in [0.25, 0.3) is 0 Å². The van der Waals surface area contributed by atoms with Gasteiger partial charge in [-0.05, 0) is 19.9 Å². The minimum Gasteiger partial charge on any atom is -0.384 e. The van der Waals surface area contributed by atoms with Crippen LogP contribution in [0.4, 0.5) is 11.5 Å². The summed E-state index contributed by atoms with van der Waals surface area (Å²) in [5.74, 6) is 0.463. The molecule has 1 rings (SSSR count). The summed E-state index contributed by atoms with van der Waals surface area (Å²) in [6.45, 7) is 4.29. The third kappa shape index (κ3) is 3.12. The molecule has 0 saturated heterocycles. The summed E-state index contributed by atoms with van der Waals surface area (Å²) in [6.07, 6.45) is 1.63. The van der Waals surface area contributed by atoms with Crippen molar-refractivity contribution in [3.05, 3.63) is 18.3 Å². The van der Waals surface area contributed by atoms with Crippen molar-refractivity contribution in [3.8, 4) is 0 Å². The Morgan fingerprint density at radius 2 is 2.25 bits per heavy atom. The molecule has 88 valence electrons. The molecule has 5 nitrogen and oxygen atoms in total. The topological polar surface area (TPSA) is 80.0 Å². The quantitative estimate of drug-likeness (QED) is 0.705. The molecule has 16 heavy (non-hydrogen) atoms. The van der Waals surface area contributed by atoms with Crippen molar-refractivity contribution in [2.75, 3.05) is 24.6 Å². The van der Waals surface area contributed by atoms with Gasteiger partial charge >= 0.3 is 0 Å². The molecule has 1 heterocycles. The first-order valence-corrected chi connectivity index (χ1v) is 5.13. The Morgan fingerprint density at radius 1 is 1.56 bits per heavy atom. The highest BCUT2D eigenvalue weighted by molar-refractivity contribution is 5.82. The lowest BCUT2D eigenvalue weighted by molar-refractivity contribution is -0.128. The molecular formula is C11H18N4O. The van der Waals surface area contributed by atoms with E-state index >= 15 is 0 Å². The van der Waals surface area contributed by atoms with Crippen molar-refractivity contribution < 1.29 is 4.79 Å². The predicted octanol–water partition coefficient (Wildman–Crippen LogP) is 0.848. The van der Waals surface area contributed by atoms with Crippen molar-refractivity contribution in [2.24, 2.45) is 5.41 Å². The molecule has 0 aliphatic carbocycles. The van der Waals surface area contributed by atoms with Crippen LogP contribution in [0.5, 0.6) is 0 Å². The smallest absolute Gasteiger partial charge is 0.227 e. The Labute approximate surface area is 95.4 Å². The fourth-order valence-electron chi connectivity index (χ4n) is 1.30. The summed E-state index contributed by atoms with van der Waals surface area (Å²) in [5, 5.41) is 5.80. The van der Waals surface area contributed by atoms with Gasteiger partial charge in [0, 0.05) is 31.5 Å². The van der Waals surface area contributed by atoms with Crippen molar-refractivity contribution >= 4 is 17.4 Å². The predicted molar refractivity (Wildman–Crippen MR) is 65.0 cm³/mol. The van der Waals surface area contributed by atoms with E-state index in [9.17, 15) is 4.79 Å². The molecule has 0 fully saturated rings. The number of carbonyl (C=O) groups excluding carboxylic acids is 1. The lowest BCUT2D eigenvalue weighted by Gasteiger charge is -2.23. The minimum absolute atomic E-state index is 0.00188. The Hall–Kier alpha value is -1.78. The Kier molecular flexibility index (Phi) is 3.71. The number of nitrogens with two attached hydrogens (primary N) is 1. The van der Waals surface area contributed by atoms with Crippen LogP contribution >= 0.6 is 0 Å².